The summed E-state index contributed by atoms with van der Waals surface area (Å²) in [5.41, 5.74) is 0. The van der Waals surface area contributed by atoms with Gasteiger partial charge in [-0.2, -0.15) is 0 Å². The highest BCUT2D eigenvalue weighted by atomic mass is 16.2. The van der Waals surface area contributed by atoms with Crippen LogP contribution in [0.1, 0.15) is 40.0 Å². The van der Waals surface area contributed by atoms with E-state index in [-0.39, 0.29) is 5.91 Å². The van der Waals surface area contributed by atoms with Crippen LogP contribution in [0.25, 0.3) is 0 Å². The fourth-order valence-corrected chi connectivity index (χ4v) is 2.31. The van der Waals surface area contributed by atoms with E-state index in [1.54, 1.807) is 6.92 Å². The molecule has 0 aromatic carbocycles. The summed E-state index contributed by atoms with van der Waals surface area (Å²) in [6.07, 6.45) is 3.44. The van der Waals surface area contributed by atoms with Crippen LogP contribution in [0.3, 0.4) is 0 Å². The molecule has 0 saturated carbocycles. The third-order valence-corrected chi connectivity index (χ3v) is 3.47. The Labute approximate surface area is 113 Å². The SMILES string of the molecule is CC.CNCCCN(C)C1CCN(C(C)=O)CC1. The molecule has 18 heavy (non-hydrogen) atoms. The van der Waals surface area contributed by atoms with Crippen molar-refractivity contribution in [1.29, 1.82) is 0 Å². The van der Waals surface area contributed by atoms with Gasteiger partial charge in [0.25, 0.3) is 0 Å². The van der Waals surface area contributed by atoms with Gasteiger partial charge in [0, 0.05) is 26.1 Å². The molecule has 0 aliphatic carbocycles. The van der Waals surface area contributed by atoms with Crippen molar-refractivity contribution in [3.05, 3.63) is 0 Å². The van der Waals surface area contributed by atoms with Crippen LogP contribution in [0.15, 0.2) is 0 Å². The molecule has 0 bridgehead atoms. The molecule has 0 aromatic rings. The Morgan fingerprint density at radius 2 is 1.89 bits per heavy atom. The number of nitrogens with zero attached hydrogens (tertiary/aromatic N) is 2. The van der Waals surface area contributed by atoms with E-state index in [4.69, 9.17) is 0 Å². The lowest BCUT2D eigenvalue weighted by molar-refractivity contribution is -0.130. The third kappa shape index (κ3) is 6.36. The molecule has 0 radical (unpaired) electrons. The van der Waals surface area contributed by atoms with Crippen LogP contribution in [0.2, 0.25) is 0 Å². The molecule has 1 N–H and O–H groups in total. The molecule has 0 atom stereocenters. The third-order valence-electron chi connectivity index (χ3n) is 3.47. The number of piperidine rings is 1. The monoisotopic (exact) mass is 257 g/mol. The van der Waals surface area contributed by atoms with Crippen molar-refractivity contribution in [3.63, 3.8) is 0 Å². The molecular weight excluding hydrogens is 226 g/mol. The van der Waals surface area contributed by atoms with Crippen molar-refractivity contribution < 1.29 is 4.79 Å². The zero-order chi connectivity index (χ0) is 14.0. The largest absolute Gasteiger partial charge is 0.343 e. The first-order chi connectivity index (χ1) is 8.65. The van der Waals surface area contributed by atoms with Crippen molar-refractivity contribution in [2.24, 2.45) is 0 Å². The van der Waals surface area contributed by atoms with Gasteiger partial charge in [-0.15, -0.1) is 0 Å². The van der Waals surface area contributed by atoms with Crippen LogP contribution < -0.4 is 5.32 Å². The number of hydrogen-bond acceptors (Lipinski definition) is 3. The van der Waals surface area contributed by atoms with Crippen LogP contribution in [0, 0.1) is 0 Å². The molecule has 4 heteroatoms. The highest BCUT2D eigenvalue weighted by molar-refractivity contribution is 5.73. The molecule has 1 saturated heterocycles. The second-order valence-electron chi connectivity index (χ2n) is 4.67. The van der Waals surface area contributed by atoms with Gasteiger partial charge < -0.3 is 15.1 Å². The average Bonchev–Trinajstić information content (AvgIpc) is 2.41. The van der Waals surface area contributed by atoms with E-state index in [2.05, 4.69) is 17.3 Å². The summed E-state index contributed by atoms with van der Waals surface area (Å²) in [6, 6.07) is 0.660. The molecule has 1 heterocycles. The first-order valence-corrected chi connectivity index (χ1v) is 7.25. The predicted octanol–water partition coefficient (Wildman–Crippen LogP) is 1.56. The minimum Gasteiger partial charge on any atom is -0.343 e. The molecule has 0 unspecified atom stereocenters. The first-order valence-electron chi connectivity index (χ1n) is 7.25. The maximum absolute atomic E-state index is 11.2. The fourth-order valence-electron chi connectivity index (χ4n) is 2.31. The molecule has 1 aliphatic rings. The molecule has 1 amide bonds. The summed E-state index contributed by atoms with van der Waals surface area (Å²) < 4.78 is 0. The minimum absolute atomic E-state index is 0.219. The maximum atomic E-state index is 11.2. The van der Waals surface area contributed by atoms with Crippen molar-refractivity contribution in [3.8, 4) is 0 Å². The Morgan fingerprint density at radius 1 is 1.33 bits per heavy atom. The summed E-state index contributed by atoms with van der Waals surface area (Å²) >= 11 is 0. The Bertz CT molecular complexity index is 213. The summed E-state index contributed by atoms with van der Waals surface area (Å²) in [5, 5.41) is 3.17. The number of hydrogen-bond donors (Lipinski definition) is 1. The highest BCUT2D eigenvalue weighted by Gasteiger charge is 2.22. The lowest BCUT2D eigenvalue weighted by Gasteiger charge is -2.36. The van der Waals surface area contributed by atoms with E-state index in [0.717, 1.165) is 39.0 Å². The number of likely N-dealkylation sites (tertiary alicyclic amines) is 1. The Hall–Kier alpha value is -0.610. The maximum Gasteiger partial charge on any atom is 0.219 e. The molecule has 1 fully saturated rings. The summed E-state index contributed by atoms with van der Waals surface area (Å²) in [6.45, 7) is 9.74. The molecule has 4 nitrogen and oxygen atoms in total. The minimum atomic E-state index is 0.219. The number of carbonyl (C=O) groups excluding carboxylic acids is 1. The zero-order valence-electron chi connectivity index (χ0n) is 12.8. The second-order valence-corrected chi connectivity index (χ2v) is 4.67. The van der Waals surface area contributed by atoms with Gasteiger partial charge in [0.2, 0.25) is 5.91 Å². The van der Waals surface area contributed by atoms with Crippen LogP contribution >= 0.6 is 0 Å². The zero-order valence-corrected chi connectivity index (χ0v) is 12.8. The quantitative estimate of drug-likeness (QED) is 0.759. The van der Waals surface area contributed by atoms with Crippen molar-refractivity contribution in [2.45, 2.75) is 46.1 Å². The summed E-state index contributed by atoms with van der Waals surface area (Å²) in [4.78, 5) is 15.6. The molecule has 0 aromatic heterocycles. The number of carbonyl (C=O) groups is 1. The van der Waals surface area contributed by atoms with E-state index >= 15 is 0 Å². The van der Waals surface area contributed by atoms with Crippen molar-refractivity contribution >= 4 is 5.91 Å². The van der Waals surface area contributed by atoms with E-state index < -0.39 is 0 Å². The highest BCUT2D eigenvalue weighted by Crippen LogP contribution is 2.15. The van der Waals surface area contributed by atoms with Crippen LogP contribution in [0.4, 0.5) is 0 Å². The second kappa shape index (κ2) is 10.3. The Balaban J connectivity index is 0.00000137. The first kappa shape index (κ1) is 17.4. The molecule has 0 spiro atoms. The standard InChI is InChI=1S/C12H25N3O.C2H6/c1-11(16)15-9-5-12(6-10-15)14(3)8-4-7-13-2;1-2/h12-13H,4-10H2,1-3H3;1-2H3. The lowest BCUT2D eigenvalue weighted by Crippen LogP contribution is -2.45. The van der Waals surface area contributed by atoms with Gasteiger partial charge in [-0.05, 0) is 46.4 Å². The molecule has 108 valence electrons. The van der Waals surface area contributed by atoms with Gasteiger partial charge in [-0.3, -0.25) is 4.79 Å². The molecular formula is C14H31N3O. The molecule has 1 rings (SSSR count). The summed E-state index contributed by atoms with van der Waals surface area (Å²) in [7, 11) is 4.19. The van der Waals surface area contributed by atoms with E-state index in [0.29, 0.717) is 6.04 Å². The molecule has 1 aliphatic heterocycles. The predicted molar refractivity (Wildman–Crippen MR) is 77.8 cm³/mol. The van der Waals surface area contributed by atoms with Gasteiger partial charge >= 0.3 is 0 Å². The summed E-state index contributed by atoms with van der Waals surface area (Å²) in [5.74, 6) is 0.219. The normalized spacial score (nSPS) is 16.4. The van der Waals surface area contributed by atoms with Gasteiger partial charge in [-0.1, -0.05) is 13.8 Å². The number of rotatable bonds is 5. The number of nitrogens with one attached hydrogen (secondary N) is 1. The smallest absolute Gasteiger partial charge is 0.219 e. The van der Waals surface area contributed by atoms with Crippen molar-refractivity contribution in [2.75, 3.05) is 40.3 Å². The van der Waals surface area contributed by atoms with Gasteiger partial charge in [0.1, 0.15) is 0 Å². The number of amides is 1. The van der Waals surface area contributed by atoms with Gasteiger partial charge in [0.05, 0.1) is 0 Å². The Morgan fingerprint density at radius 3 is 2.33 bits per heavy atom. The van der Waals surface area contributed by atoms with Crippen LogP contribution in [-0.2, 0) is 4.79 Å². The Kier molecular flexibility index (Phi) is 9.98. The average molecular weight is 257 g/mol. The van der Waals surface area contributed by atoms with E-state index in [1.807, 2.05) is 25.8 Å². The van der Waals surface area contributed by atoms with Crippen LogP contribution in [0.5, 0.6) is 0 Å². The van der Waals surface area contributed by atoms with E-state index in [1.165, 1.54) is 6.42 Å². The van der Waals surface area contributed by atoms with Crippen molar-refractivity contribution in [1.82, 2.24) is 15.1 Å². The van der Waals surface area contributed by atoms with Crippen LogP contribution in [-0.4, -0.2) is 62.0 Å². The lowest BCUT2D eigenvalue weighted by atomic mass is 10.0. The van der Waals surface area contributed by atoms with E-state index in [9.17, 15) is 4.79 Å². The van der Waals surface area contributed by atoms with Gasteiger partial charge in [0.15, 0.2) is 0 Å². The fraction of sp³-hybridized carbons (Fsp3) is 0.929. The topological polar surface area (TPSA) is 35.6 Å². The van der Waals surface area contributed by atoms with Gasteiger partial charge in [-0.25, -0.2) is 0 Å².